The van der Waals surface area contributed by atoms with Crippen molar-refractivity contribution in [3.63, 3.8) is 0 Å². The van der Waals surface area contributed by atoms with Crippen LogP contribution in [0.3, 0.4) is 0 Å². The Kier molecular flexibility index (Phi) is 5.15. The Labute approximate surface area is 188 Å². The number of aromatic hydroxyl groups is 3. The average Bonchev–Trinajstić information content (AvgIpc) is 3.10. The molecule has 0 aromatic heterocycles. The van der Waals surface area contributed by atoms with Gasteiger partial charge in [-0.15, -0.1) is 0 Å². The maximum Gasteiger partial charge on any atom is 0.244 e. The van der Waals surface area contributed by atoms with Gasteiger partial charge >= 0.3 is 0 Å². The summed E-state index contributed by atoms with van der Waals surface area (Å²) in [6.45, 7) is 2.36. The Hall–Kier alpha value is -2.95. The van der Waals surface area contributed by atoms with Crippen LogP contribution in [0.2, 0.25) is 0 Å². The van der Waals surface area contributed by atoms with Gasteiger partial charge in [0.15, 0.2) is 11.5 Å². The third-order valence-electron chi connectivity index (χ3n) is 8.45. The Morgan fingerprint density at radius 2 is 1.88 bits per heavy atom. The zero-order chi connectivity index (χ0) is 22.5. The van der Waals surface area contributed by atoms with E-state index in [1.54, 1.807) is 12.1 Å². The summed E-state index contributed by atoms with van der Waals surface area (Å²) in [6.07, 6.45) is 9.73. The molecule has 0 heterocycles. The van der Waals surface area contributed by atoms with Crippen LogP contribution in [0.5, 0.6) is 17.2 Å². The number of benzene rings is 2. The number of hydrogen-bond acceptors (Lipinski definition) is 4. The van der Waals surface area contributed by atoms with Crippen LogP contribution in [0.15, 0.2) is 42.5 Å². The van der Waals surface area contributed by atoms with Gasteiger partial charge in [0.05, 0.1) is 0 Å². The highest BCUT2D eigenvalue weighted by atomic mass is 16.3. The lowest BCUT2D eigenvalue weighted by atomic mass is 9.55. The van der Waals surface area contributed by atoms with Gasteiger partial charge in [-0.2, -0.15) is 0 Å². The number of carbonyl (C=O) groups is 1. The van der Waals surface area contributed by atoms with Crippen LogP contribution in [0, 0.1) is 17.3 Å². The summed E-state index contributed by atoms with van der Waals surface area (Å²) < 4.78 is 0. The minimum Gasteiger partial charge on any atom is -0.508 e. The molecule has 5 atom stereocenters. The fraction of sp³-hybridized carbons (Fsp3) is 0.444. The molecular formula is C27H31NO4. The molecule has 0 aliphatic heterocycles. The first kappa shape index (κ1) is 20.9. The molecule has 5 rings (SSSR count). The third-order valence-corrected chi connectivity index (χ3v) is 8.45. The molecule has 32 heavy (non-hydrogen) atoms. The van der Waals surface area contributed by atoms with Gasteiger partial charge in [-0.3, -0.25) is 4.79 Å². The van der Waals surface area contributed by atoms with Gasteiger partial charge in [0.25, 0.3) is 0 Å². The first-order valence-corrected chi connectivity index (χ1v) is 11.7. The standard InChI is InChI=1S/C27H31NO4/c1-27-13-12-20-19-7-5-18(29)15-17(19)4-6-21(20)22(27)8-10-25(27)28-26(32)11-3-16-2-9-23(30)24(31)14-16/h2-3,5,7,9,11,14-15,20-22,25,29-31H,4,6,8,10,12-13H2,1H3,(H,28,32)/b11-3+/t20?,21?,22?,25-,27-/m0/s1. The quantitative estimate of drug-likeness (QED) is 0.411. The van der Waals surface area contributed by atoms with E-state index in [-0.39, 0.29) is 28.9 Å². The SMILES string of the molecule is C[C@]12CCC3c4ccc(O)cc4CCC3C1CC[C@@H]2NC(=O)/C=C/c1ccc(O)c(O)c1. The number of rotatable bonds is 3. The Balaban J connectivity index is 1.28. The predicted molar refractivity (Wildman–Crippen MR) is 123 cm³/mol. The lowest BCUT2D eigenvalue weighted by Gasteiger charge is -2.51. The molecule has 2 saturated carbocycles. The summed E-state index contributed by atoms with van der Waals surface area (Å²) in [4.78, 5) is 12.7. The summed E-state index contributed by atoms with van der Waals surface area (Å²) in [7, 11) is 0. The monoisotopic (exact) mass is 433 g/mol. The predicted octanol–water partition coefficient (Wildman–Crippen LogP) is 4.86. The highest BCUT2D eigenvalue weighted by Gasteiger charge is 2.55. The Morgan fingerprint density at radius 1 is 1.03 bits per heavy atom. The second-order valence-corrected chi connectivity index (χ2v) is 10.1. The topological polar surface area (TPSA) is 89.8 Å². The van der Waals surface area contributed by atoms with E-state index in [0.717, 1.165) is 38.5 Å². The van der Waals surface area contributed by atoms with Crippen LogP contribution in [0.4, 0.5) is 0 Å². The highest BCUT2D eigenvalue weighted by Crippen LogP contribution is 2.61. The number of hydrogen-bond donors (Lipinski definition) is 4. The molecule has 0 bridgehead atoms. The first-order valence-electron chi connectivity index (χ1n) is 11.7. The van der Waals surface area contributed by atoms with E-state index in [1.165, 1.54) is 29.3 Å². The zero-order valence-electron chi connectivity index (χ0n) is 18.4. The lowest BCUT2D eigenvalue weighted by Crippen LogP contribution is -2.49. The molecule has 3 aliphatic rings. The number of phenolic OH excluding ortho intramolecular Hbond substituents is 3. The molecule has 2 aromatic rings. The highest BCUT2D eigenvalue weighted by molar-refractivity contribution is 5.92. The molecule has 5 nitrogen and oxygen atoms in total. The fourth-order valence-electron chi connectivity index (χ4n) is 6.84. The summed E-state index contributed by atoms with van der Waals surface area (Å²) in [5.74, 6) is 1.69. The van der Waals surface area contributed by atoms with Crippen LogP contribution in [0.1, 0.15) is 61.6 Å². The van der Waals surface area contributed by atoms with Crippen molar-refractivity contribution in [1.29, 1.82) is 0 Å². The average molecular weight is 434 g/mol. The van der Waals surface area contributed by atoms with Gasteiger partial charge in [0.2, 0.25) is 5.91 Å². The number of phenols is 3. The third kappa shape index (κ3) is 3.54. The molecule has 168 valence electrons. The number of fused-ring (bicyclic) bond motifs is 5. The largest absolute Gasteiger partial charge is 0.508 e. The van der Waals surface area contributed by atoms with Gasteiger partial charge in [-0.1, -0.05) is 19.1 Å². The Bertz CT molecular complexity index is 1080. The van der Waals surface area contributed by atoms with E-state index in [1.807, 2.05) is 12.1 Å². The molecule has 3 unspecified atom stereocenters. The maximum atomic E-state index is 12.7. The Morgan fingerprint density at radius 3 is 2.69 bits per heavy atom. The molecule has 2 fully saturated rings. The normalized spacial score (nSPS) is 31.0. The van der Waals surface area contributed by atoms with Gasteiger partial charge in [-0.25, -0.2) is 0 Å². The molecule has 1 amide bonds. The van der Waals surface area contributed by atoms with E-state index < -0.39 is 0 Å². The van der Waals surface area contributed by atoms with Crippen molar-refractivity contribution in [1.82, 2.24) is 5.32 Å². The summed E-state index contributed by atoms with van der Waals surface area (Å²) in [6, 6.07) is 10.6. The van der Waals surface area contributed by atoms with Gasteiger partial charge in [-0.05, 0) is 109 Å². The van der Waals surface area contributed by atoms with E-state index in [9.17, 15) is 20.1 Å². The molecule has 0 spiro atoms. The van der Waals surface area contributed by atoms with Crippen molar-refractivity contribution in [2.24, 2.45) is 17.3 Å². The van der Waals surface area contributed by atoms with Gasteiger partial charge < -0.3 is 20.6 Å². The summed E-state index contributed by atoms with van der Waals surface area (Å²) in [5, 5.41) is 32.2. The van der Waals surface area contributed by atoms with Crippen molar-refractivity contribution >= 4 is 12.0 Å². The van der Waals surface area contributed by atoms with Crippen LogP contribution in [-0.2, 0) is 11.2 Å². The van der Waals surface area contributed by atoms with Crippen molar-refractivity contribution < 1.29 is 20.1 Å². The molecule has 0 saturated heterocycles. The summed E-state index contributed by atoms with van der Waals surface area (Å²) in [5.41, 5.74) is 3.51. The summed E-state index contributed by atoms with van der Waals surface area (Å²) >= 11 is 0. The van der Waals surface area contributed by atoms with E-state index >= 15 is 0 Å². The maximum absolute atomic E-state index is 12.7. The molecule has 3 aliphatic carbocycles. The van der Waals surface area contributed by atoms with Crippen molar-refractivity contribution in [2.45, 2.75) is 57.4 Å². The van der Waals surface area contributed by atoms with Crippen molar-refractivity contribution in [3.8, 4) is 17.2 Å². The lowest BCUT2D eigenvalue weighted by molar-refractivity contribution is -0.118. The fourth-order valence-corrected chi connectivity index (χ4v) is 6.84. The molecule has 0 radical (unpaired) electrons. The number of aryl methyl sites for hydroxylation is 1. The second-order valence-electron chi connectivity index (χ2n) is 10.1. The van der Waals surface area contributed by atoms with Crippen molar-refractivity contribution in [3.05, 3.63) is 59.2 Å². The van der Waals surface area contributed by atoms with Crippen LogP contribution >= 0.6 is 0 Å². The van der Waals surface area contributed by atoms with Gasteiger partial charge in [0.1, 0.15) is 5.75 Å². The van der Waals surface area contributed by atoms with E-state index in [2.05, 4.69) is 18.3 Å². The first-order chi connectivity index (χ1) is 15.3. The van der Waals surface area contributed by atoms with Crippen LogP contribution in [-0.4, -0.2) is 27.3 Å². The molecular weight excluding hydrogens is 402 g/mol. The zero-order valence-corrected chi connectivity index (χ0v) is 18.4. The van der Waals surface area contributed by atoms with Crippen LogP contribution < -0.4 is 5.32 Å². The van der Waals surface area contributed by atoms with Gasteiger partial charge in [0, 0.05) is 12.1 Å². The number of amides is 1. The minimum absolute atomic E-state index is 0.107. The van der Waals surface area contributed by atoms with Crippen molar-refractivity contribution in [2.75, 3.05) is 0 Å². The number of nitrogens with one attached hydrogen (secondary N) is 1. The van der Waals surface area contributed by atoms with E-state index in [0.29, 0.717) is 29.1 Å². The molecule has 5 heteroatoms. The second kappa shape index (κ2) is 7.88. The smallest absolute Gasteiger partial charge is 0.244 e. The van der Waals surface area contributed by atoms with Crippen LogP contribution in [0.25, 0.3) is 6.08 Å². The molecule has 4 N–H and O–H groups in total. The van der Waals surface area contributed by atoms with E-state index in [4.69, 9.17) is 0 Å². The molecule has 2 aromatic carbocycles. The number of carbonyl (C=O) groups excluding carboxylic acids is 1. The minimum atomic E-state index is -0.195.